The molecule has 0 aromatic carbocycles. The van der Waals surface area contributed by atoms with Gasteiger partial charge in [-0.2, -0.15) is 0 Å². The van der Waals surface area contributed by atoms with Gasteiger partial charge in [-0.05, 0) is 19.8 Å². The lowest BCUT2D eigenvalue weighted by molar-refractivity contribution is -0.156. The summed E-state index contributed by atoms with van der Waals surface area (Å²) in [6.45, 7) is 1.61. The average Bonchev–Trinajstić information content (AvgIpc) is 2.83. The summed E-state index contributed by atoms with van der Waals surface area (Å²) in [5.41, 5.74) is 5.26. The summed E-state index contributed by atoms with van der Waals surface area (Å²) >= 11 is 0. The normalized spacial score (nSPS) is 20.6. The molecule has 18 heavy (non-hydrogen) atoms. The van der Waals surface area contributed by atoms with Gasteiger partial charge in [-0.1, -0.05) is 0 Å². The highest BCUT2D eigenvalue weighted by atomic mass is 16.5. The Bertz CT molecular complexity index is 344. The number of hydrogen-bond donors (Lipinski definition) is 2. The summed E-state index contributed by atoms with van der Waals surface area (Å²) in [5.74, 6) is -2.62. The van der Waals surface area contributed by atoms with Crippen molar-refractivity contribution in [3.05, 3.63) is 0 Å². The number of carboxylic acids is 1. The third-order valence-electron chi connectivity index (χ3n) is 2.92. The van der Waals surface area contributed by atoms with Crippen molar-refractivity contribution >= 4 is 17.8 Å². The van der Waals surface area contributed by atoms with Gasteiger partial charge in [0.15, 0.2) is 0 Å². The van der Waals surface area contributed by atoms with Crippen molar-refractivity contribution in [1.29, 1.82) is 0 Å². The van der Waals surface area contributed by atoms with Crippen LogP contribution >= 0.6 is 0 Å². The molecule has 7 nitrogen and oxygen atoms in total. The second-order valence-corrected chi connectivity index (χ2v) is 4.32. The largest absolute Gasteiger partial charge is 0.481 e. The first-order valence-electron chi connectivity index (χ1n) is 5.86. The highest BCUT2D eigenvalue weighted by molar-refractivity contribution is 5.86. The number of amides is 1. The molecule has 1 unspecified atom stereocenters. The number of carboxylic acid groups (broad SMARTS) is 1. The zero-order valence-electron chi connectivity index (χ0n) is 10.3. The third-order valence-corrected chi connectivity index (χ3v) is 2.92. The highest BCUT2D eigenvalue weighted by Crippen LogP contribution is 2.18. The molecule has 0 aliphatic carbocycles. The Morgan fingerprint density at radius 3 is 2.72 bits per heavy atom. The summed E-state index contributed by atoms with van der Waals surface area (Å²) in [5, 5.41) is 8.67. The van der Waals surface area contributed by atoms with Crippen LogP contribution in [0.4, 0.5) is 0 Å². The van der Waals surface area contributed by atoms with Gasteiger partial charge in [0.25, 0.3) is 0 Å². The van der Waals surface area contributed by atoms with Crippen LogP contribution in [0.2, 0.25) is 0 Å². The number of aliphatic carboxylic acids is 1. The van der Waals surface area contributed by atoms with Crippen LogP contribution in [-0.4, -0.2) is 53.6 Å². The molecule has 2 atom stereocenters. The number of likely N-dealkylation sites (tertiary alicyclic amines) is 1. The number of carbonyl (C=O) groups excluding carboxylic acids is 2. The van der Waals surface area contributed by atoms with Crippen LogP contribution < -0.4 is 5.73 Å². The van der Waals surface area contributed by atoms with Crippen molar-refractivity contribution in [1.82, 2.24) is 4.90 Å². The molecular formula is C11H18N2O5. The fourth-order valence-electron chi connectivity index (χ4n) is 1.80. The summed E-state index contributed by atoms with van der Waals surface area (Å²) in [4.78, 5) is 35.2. The van der Waals surface area contributed by atoms with Crippen LogP contribution in [0.1, 0.15) is 19.8 Å². The van der Waals surface area contributed by atoms with Gasteiger partial charge in [-0.3, -0.25) is 9.59 Å². The van der Waals surface area contributed by atoms with Crippen LogP contribution in [0.3, 0.4) is 0 Å². The molecule has 3 N–H and O–H groups in total. The second kappa shape index (κ2) is 6.34. The average molecular weight is 258 g/mol. The number of ether oxygens (including phenoxy) is 1. The maximum absolute atomic E-state index is 11.8. The molecule has 0 aromatic heterocycles. The maximum Gasteiger partial charge on any atom is 0.328 e. The van der Waals surface area contributed by atoms with E-state index in [4.69, 9.17) is 15.6 Å². The number of esters is 1. The van der Waals surface area contributed by atoms with Gasteiger partial charge < -0.3 is 20.5 Å². The standard InChI is InChI=1S/C11H18N2O5/c1-7(10(15)16)6-18-11(17)8-3-2-4-13(8)9(14)5-12/h7-8H,2-6,12H2,1H3,(H,15,16)/t7?,8-/m0/s1. The minimum Gasteiger partial charge on any atom is -0.481 e. The van der Waals surface area contributed by atoms with E-state index < -0.39 is 23.9 Å². The van der Waals surface area contributed by atoms with Gasteiger partial charge in [0.2, 0.25) is 5.91 Å². The molecule has 1 rings (SSSR count). The molecule has 102 valence electrons. The molecule has 0 radical (unpaired) electrons. The highest BCUT2D eigenvalue weighted by Gasteiger charge is 2.34. The van der Waals surface area contributed by atoms with Crippen molar-refractivity contribution in [2.24, 2.45) is 11.7 Å². The van der Waals surface area contributed by atoms with E-state index in [1.165, 1.54) is 11.8 Å². The summed E-state index contributed by atoms with van der Waals surface area (Å²) in [6, 6.07) is -0.623. The molecule has 1 aliphatic rings. The summed E-state index contributed by atoms with van der Waals surface area (Å²) in [7, 11) is 0. The molecule has 0 spiro atoms. The van der Waals surface area contributed by atoms with E-state index in [0.717, 1.165) is 6.42 Å². The predicted molar refractivity (Wildman–Crippen MR) is 61.5 cm³/mol. The molecule has 7 heteroatoms. The Morgan fingerprint density at radius 2 is 2.17 bits per heavy atom. The molecule has 1 heterocycles. The van der Waals surface area contributed by atoms with E-state index >= 15 is 0 Å². The Morgan fingerprint density at radius 1 is 1.50 bits per heavy atom. The maximum atomic E-state index is 11.8. The van der Waals surface area contributed by atoms with E-state index in [1.54, 1.807) is 0 Å². The van der Waals surface area contributed by atoms with Gasteiger partial charge in [0.1, 0.15) is 12.6 Å². The van der Waals surface area contributed by atoms with Gasteiger partial charge in [0, 0.05) is 6.54 Å². The van der Waals surface area contributed by atoms with Crippen molar-refractivity contribution in [3.8, 4) is 0 Å². The van der Waals surface area contributed by atoms with E-state index in [0.29, 0.717) is 13.0 Å². The topological polar surface area (TPSA) is 110 Å². The Labute approximate surface area is 105 Å². The number of hydrogen-bond acceptors (Lipinski definition) is 5. The summed E-state index contributed by atoms with van der Waals surface area (Å²) < 4.78 is 4.92. The van der Waals surface area contributed by atoms with Crippen molar-refractivity contribution in [3.63, 3.8) is 0 Å². The zero-order chi connectivity index (χ0) is 13.7. The van der Waals surface area contributed by atoms with Crippen LogP contribution in [-0.2, 0) is 19.1 Å². The van der Waals surface area contributed by atoms with Crippen LogP contribution in [0.15, 0.2) is 0 Å². The van der Waals surface area contributed by atoms with E-state index in [-0.39, 0.29) is 19.1 Å². The summed E-state index contributed by atoms with van der Waals surface area (Å²) in [6.07, 6.45) is 1.26. The van der Waals surface area contributed by atoms with E-state index in [1.807, 2.05) is 0 Å². The van der Waals surface area contributed by atoms with Crippen molar-refractivity contribution < 1.29 is 24.2 Å². The van der Waals surface area contributed by atoms with Gasteiger partial charge in [0.05, 0.1) is 12.5 Å². The minimum atomic E-state index is -1.02. The number of nitrogens with zero attached hydrogens (tertiary/aromatic N) is 1. The molecule has 0 saturated carbocycles. The molecule has 1 fully saturated rings. The Balaban J connectivity index is 2.50. The molecule has 1 saturated heterocycles. The lowest BCUT2D eigenvalue weighted by Gasteiger charge is -2.22. The fourth-order valence-corrected chi connectivity index (χ4v) is 1.80. The predicted octanol–water partition coefficient (Wildman–Crippen LogP) is -0.800. The van der Waals surface area contributed by atoms with Gasteiger partial charge >= 0.3 is 11.9 Å². The van der Waals surface area contributed by atoms with Crippen LogP contribution in [0.25, 0.3) is 0 Å². The van der Waals surface area contributed by atoms with Gasteiger partial charge in [-0.15, -0.1) is 0 Å². The molecule has 1 amide bonds. The first kappa shape index (κ1) is 14.4. The SMILES string of the molecule is CC(COC(=O)[C@@H]1CCCN1C(=O)CN)C(=O)O. The van der Waals surface area contributed by atoms with E-state index in [2.05, 4.69) is 0 Å². The first-order chi connectivity index (χ1) is 8.47. The van der Waals surface area contributed by atoms with Crippen molar-refractivity contribution in [2.75, 3.05) is 19.7 Å². The van der Waals surface area contributed by atoms with Gasteiger partial charge in [-0.25, -0.2) is 4.79 Å². The Hall–Kier alpha value is -1.63. The Kier molecular flexibility index (Phi) is 5.08. The van der Waals surface area contributed by atoms with Crippen LogP contribution in [0, 0.1) is 5.92 Å². The molecule has 0 aromatic rings. The fraction of sp³-hybridized carbons (Fsp3) is 0.727. The monoisotopic (exact) mass is 258 g/mol. The quantitative estimate of drug-likeness (QED) is 0.625. The second-order valence-electron chi connectivity index (χ2n) is 4.32. The van der Waals surface area contributed by atoms with E-state index in [9.17, 15) is 14.4 Å². The lowest BCUT2D eigenvalue weighted by Crippen LogP contribution is -2.44. The lowest BCUT2D eigenvalue weighted by atomic mass is 10.2. The zero-order valence-corrected chi connectivity index (χ0v) is 10.3. The molecule has 0 bridgehead atoms. The number of carbonyl (C=O) groups is 3. The van der Waals surface area contributed by atoms with Crippen LogP contribution in [0.5, 0.6) is 0 Å². The molecular weight excluding hydrogens is 240 g/mol. The first-order valence-corrected chi connectivity index (χ1v) is 5.86. The smallest absolute Gasteiger partial charge is 0.328 e. The molecule has 1 aliphatic heterocycles. The number of nitrogens with two attached hydrogens (primary N) is 1. The van der Waals surface area contributed by atoms with Crippen molar-refractivity contribution in [2.45, 2.75) is 25.8 Å². The number of rotatable bonds is 5. The minimum absolute atomic E-state index is 0.144. The third kappa shape index (κ3) is 3.43.